The Labute approximate surface area is 137 Å². The zero-order chi connectivity index (χ0) is 16.8. The number of rotatable bonds is 7. The molecule has 2 aromatic carbocycles. The number of primary amides is 1. The predicted molar refractivity (Wildman–Crippen MR) is 91.9 cm³/mol. The summed E-state index contributed by atoms with van der Waals surface area (Å²) >= 11 is 0. The second-order valence-corrected chi connectivity index (χ2v) is 5.99. The standard InChI is InChI=1S/C19H24N2O2/c1-21(2)17(18(22)15-11-7-4-8-12-15)13-16(19(20)23)14-9-5-3-6-10-14/h3-12,16-18,22H,13H2,1-2H3,(H2,20,23). The van der Waals surface area contributed by atoms with E-state index < -0.39 is 12.0 Å². The van der Waals surface area contributed by atoms with Gasteiger partial charge in [-0.15, -0.1) is 0 Å². The number of amides is 1. The fourth-order valence-corrected chi connectivity index (χ4v) is 2.84. The Balaban J connectivity index is 2.25. The smallest absolute Gasteiger partial charge is 0.225 e. The van der Waals surface area contributed by atoms with Crippen LogP contribution in [0.5, 0.6) is 0 Å². The molecule has 122 valence electrons. The number of nitrogens with zero attached hydrogens (tertiary/aromatic N) is 1. The summed E-state index contributed by atoms with van der Waals surface area (Å²) in [6.07, 6.45) is -0.223. The normalized spacial score (nSPS) is 15.1. The Kier molecular flexibility index (Phi) is 5.90. The van der Waals surface area contributed by atoms with Gasteiger partial charge in [-0.3, -0.25) is 4.79 Å². The van der Waals surface area contributed by atoms with Crippen LogP contribution in [0.1, 0.15) is 29.6 Å². The van der Waals surface area contributed by atoms with Crippen molar-refractivity contribution in [3.63, 3.8) is 0 Å². The molecule has 2 aromatic rings. The summed E-state index contributed by atoms with van der Waals surface area (Å²) in [5.41, 5.74) is 7.33. The Morgan fingerprint density at radius 1 is 1.00 bits per heavy atom. The lowest BCUT2D eigenvalue weighted by atomic mass is 9.87. The van der Waals surface area contributed by atoms with Crippen LogP contribution in [0, 0.1) is 0 Å². The highest BCUT2D eigenvalue weighted by Gasteiger charge is 2.29. The molecule has 0 aliphatic rings. The van der Waals surface area contributed by atoms with Gasteiger partial charge in [0.1, 0.15) is 0 Å². The van der Waals surface area contributed by atoms with Crippen LogP contribution in [0.15, 0.2) is 60.7 Å². The van der Waals surface area contributed by atoms with E-state index >= 15 is 0 Å². The van der Waals surface area contributed by atoms with Crippen LogP contribution < -0.4 is 5.73 Å². The molecule has 0 saturated heterocycles. The molecular weight excluding hydrogens is 288 g/mol. The fraction of sp³-hybridized carbons (Fsp3) is 0.316. The lowest BCUT2D eigenvalue weighted by molar-refractivity contribution is -0.120. The largest absolute Gasteiger partial charge is 0.387 e. The van der Waals surface area contributed by atoms with Crippen molar-refractivity contribution in [1.29, 1.82) is 0 Å². The summed E-state index contributed by atoms with van der Waals surface area (Å²) in [7, 11) is 3.81. The van der Waals surface area contributed by atoms with Crippen LogP contribution in [0.3, 0.4) is 0 Å². The van der Waals surface area contributed by atoms with Crippen LogP contribution in [-0.2, 0) is 4.79 Å². The second-order valence-electron chi connectivity index (χ2n) is 5.99. The molecule has 0 bridgehead atoms. The Morgan fingerprint density at radius 3 is 1.91 bits per heavy atom. The van der Waals surface area contributed by atoms with Gasteiger partial charge in [-0.05, 0) is 31.6 Å². The highest BCUT2D eigenvalue weighted by Crippen LogP contribution is 2.29. The molecule has 1 amide bonds. The van der Waals surface area contributed by atoms with E-state index in [9.17, 15) is 9.90 Å². The molecule has 0 saturated carbocycles. The van der Waals surface area contributed by atoms with Gasteiger partial charge in [0.15, 0.2) is 0 Å². The molecule has 0 aliphatic heterocycles. The number of carbonyl (C=O) groups excluding carboxylic acids is 1. The molecule has 3 atom stereocenters. The third-order valence-electron chi connectivity index (χ3n) is 4.19. The fourth-order valence-electron chi connectivity index (χ4n) is 2.84. The quantitative estimate of drug-likeness (QED) is 0.824. The van der Waals surface area contributed by atoms with Crippen molar-refractivity contribution in [3.8, 4) is 0 Å². The van der Waals surface area contributed by atoms with Gasteiger partial charge in [0.05, 0.1) is 12.0 Å². The summed E-state index contributed by atoms with van der Waals surface area (Å²) in [5, 5.41) is 10.7. The molecular formula is C19H24N2O2. The molecule has 0 heterocycles. The van der Waals surface area contributed by atoms with Gasteiger partial charge in [0.2, 0.25) is 5.91 Å². The van der Waals surface area contributed by atoms with Crippen molar-refractivity contribution in [1.82, 2.24) is 4.90 Å². The SMILES string of the molecule is CN(C)C(CC(C(N)=O)c1ccccc1)C(O)c1ccccc1. The Morgan fingerprint density at radius 2 is 1.48 bits per heavy atom. The molecule has 3 unspecified atom stereocenters. The van der Waals surface area contributed by atoms with Gasteiger partial charge in [0, 0.05) is 6.04 Å². The first-order valence-corrected chi connectivity index (χ1v) is 7.74. The van der Waals surface area contributed by atoms with E-state index in [0.29, 0.717) is 6.42 Å². The second kappa shape index (κ2) is 7.90. The molecule has 0 spiro atoms. The molecule has 2 rings (SSSR count). The van der Waals surface area contributed by atoms with E-state index in [0.717, 1.165) is 11.1 Å². The third kappa shape index (κ3) is 4.41. The molecule has 23 heavy (non-hydrogen) atoms. The minimum absolute atomic E-state index is 0.213. The van der Waals surface area contributed by atoms with E-state index in [1.807, 2.05) is 79.7 Å². The van der Waals surface area contributed by atoms with Crippen molar-refractivity contribution >= 4 is 5.91 Å². The van der Waals surface area contributed by atoms with Gasteiger partial charge >= 0.3 is 0 Å². The molecule has 0 fully saturated rings. The number of likely N-dealkylation sites (N-methyl/N-ethyl adjacent to an activating group) is 1. The maximum atomic E-state index is 11.9. The van der Waals surface area contributed by atoms with Crippen molar-refractivity contribution in [2.75, 3.05) is 14.1 Å². The molecule has 4 nitrogen and oxygen atoms in total. The van der Waals surface area contributed by atoms with Crippen LogP contribution >= 0.6 is 0 Å². The third-order valence-corrected chi connectivity index (χ3v) is 4.19. The van der Waals surface area contributed by atoms with Gasteiger partial charge in [-0.25, -0.2) is 0 Å². The highest BCUT2D eigenvalue weighted by atomic mass is 16.3. The summed E-state index contributed by atoms with van der Waals surface area (Å²) < 4.78 is 0. The van der Waals surface area contributed by atoms with Crippen molar-refractivity contribution in [3.05, 3.63) is 71.8 Å². The Hall–Kier alpha value is -2.17. The molecule has 0 aromatic heterocycles. The lowest BCUT2D eigenvalue weighted by Gasteiger charge is -2.32. The number of aliphatic hydroxyl groups is 1. The molecule has 0 radical (unpaired) electrons. The van der Waals surface area contributed by atoms with Crippen LogP contribution in [0.2, 0.25) is 0 Å². The molecule has 0 aliphatic carbocycles. The van der Waals surface area contributed by atoms with Crippen LogP contribution in [0.4, 0.5) is 0 Å². The number of carbonyl (C=O) groups is 1. The van der Waals surface area contributed by atoms with Crippen LogP contribution in [-0.4, -0.2) is 36.1 Å². The first-order valence-electron chi connectivity index (χ1n) is 7.74. The van der Waals surface area contributed by atoms with Crippen molar-refractivity contribution in [2.24, 2.45) is 5.73 Å². The maximum absolute atomic E-state index is 11.9. The molecule has 4 heteroatoms. The first-order chi connectivity index (χ1) is 11.0. The number of benzene rings is 2. The lowest BCUT2D eigenvalue weighted by Crippen LogP contribution is -2.38. The number of aliphatic hydroxyl groups excluding tert-OH is 1. The first kappa shape index (κ1) is 17.2. The van der Waals surface area contributed by atoms with Gasteiger partial charge < -0.3 is 15.7 Å². The average molecular weight is 312 g/mol. The zero-order valence-electron chi connectivity index (χ0n) is 13.6. The van der Waals surface area contributed by atoms with E-state index in [-0.39, 0.29) is 11.9 Å². The predicted octanol–water partition coefficient (Wildman–Crippen LogP) is 2.31. The number of nitrogens with two attached hydrogens (primary N) is 1. The van der Waals surface area contributed by atoms with E-state index in [2.05, 4.69) is 0 Å². The average Bonchev–Trinajstić information content (AvgIpc) is 2.56. The number of hydrogen-bond acceptors (Lipinski definition) is 3. The van der Waals surface area contributed by atoms with Gasteiger partial charge in [-0.1, -0.05) is 60.7 Å². The Bertz CT molecular complexity index is 614. The summed E-state index contributed by atoms with van der Waals surface area (Å²) in [4.78, 5) is 13.9. The van der Waals surface area contributed by atoms with E-state index in [1.54, 1.807) is 0 Å². The minimum atomic E-state index is -0.684. The summed E-state index contributed by atoms with van der Waals surface area (Å²) in [5.74, 6) is -0.801. The van der Waals surface area contributed by atoms with Crippen molar-refractivity contribution in [2.45, 2.75) is 24.5 Å². The monoisotopic (exact) mass is 312 g/mol. The molecule has 3 N–H and O–H groups in total. The number of hydrogen-bond donors (Lipinski definition) is 2. The van der Waals surface area contributed by atoms with E-state index in [4.69, 9.17) is 5.73 Å². The topological polar surface area (TPSA) is 66.6 Å². The minimum Gasteiger partial charge on any atom is -0.387 e. The summed E-state index contributed by atoms with van der Waals surface area (Å²) in [6.45, 7) is 0. The van der Waals surface area contributed by atoms with Crippen LogP contribution in [0.25, 0.3) is 0 Å². The van der Waals surface area contributed by atoms with Crippen molar-refractivity contribution < 1.29 is 9.90 Å². The summed E-state index contributed by atoms with van der Waals surface area (Å²) in [6, 6.07) is 18.8. The highest BCUT2D eigenvalue weighted by molar-refractivity contribution is 5.82. The van der Waals surface area contributed by atoms with E-state index in [1.165, 1.54) is 0 Å². The van der Waals surface area contributed by atoms with Gasteiger partial charge in [0.25, 0.3) is 0 Å². The maximum Gasteiger partial charge on any atom is 0.225 e. The van der Waals surface area contributed by atoms with Gasteiger partial charge in [-0.2, -0.15) is 0 Å². The zero-order valence-corrected chi connectivity index (χ0v) is 13.6.